The van der Waals surface area contributed by atoms with Crippen LogP contribution in [0, 0.1) is 0 Å². The number of amides is 1. The normalized spacial score (nSPS) is 15.3. The van der Waals surface area contributed by atoms with Crippen molar-refractivity contribution in [2.75, 3.05) is 11.6 Å². The van der Waals surface area contributed by atoms with Crippen LogP contribution in [0.5, 0.6) is 0 Å². The van der Waals surface area contributed by atoms with Crippen molar-refractivity contribution in [3.8, 4) is 0 Å². The first-order chi connectivity index (χ1) is 13.8. The Labute approximate surface area is 166 Å². The third-order valence-electron chi connectivity index (χ3n) is 5.09. The van der Waals surface area contributed by atoms with Gasteiger partial charge in [-0.2, -0.15) is 5.10 Å². The van der Waals surface area contributed by atoms with Crippen molar-refractivity contribution in [3.63, 3.8) is 0 Å². The molecule has 0 radical (unpaired) electrons. The number of aromatic nitrogens is 2. The Kier molecular flexibility index (Phi) is 4.56. The van der Waals surface area contributed by atoms with E-state index in [-0.39, 0.29) is 11.6 Å². The zero-order valence-corrected chi connectivity index (χ0v) is 16.4. The van der Waals surface area contributed by atoms with Gasteiger partial charge in [-0.1, -0.05) is 6.07 Å². The number of carbonyl (C=O) groups is 1. The number of halogens is 2. The van der Waals surface area contributed by atoms with Crippen LogP contribution in [0.15, 0.2) is 47.8 Å². The van der Waals surface area contributed by atoms with Gasteiger partial charge in [0.05, 0.1) is 23.0 Å². The van der Waals surface area contributed by atoms with Crippen LogP contribution in [0.25, 0.3) is 5.52 Å². The van der Waals surface area contributed by atoms with E-state index in [1.54, 1.807) is 23.4 Å². The quantitative estimate of drug-likeness (QED) is 0.521. The van der Waals surface area contributed by atoms with Crippen molar-refractivity contribution in [1.82, 2.24) is 14.7 Å². The van der Waals surface area contributed by atoms with E-state index in [0.29, 0.717) is 23.4 Å². The SMILES string of the molecule is CCN(/N=C/c1ccc2c(c1)C(C)(C)NC2=O)c1nccn2c(C(F)F)ccc12. The molecule has 1 amide bonds. The van der Waals surface area contributed by atoms with Crippen LogP contribution in [0.1, 0.15) is 54.4 Å². The number of nitrogens with one attached hydrogen (secondary N) is 1. The van der Waals surface area contributed by atoms with Crippen molar-refractivity contribution >= 4 is 23.5 Å². The van der Waals surface area contributed by atoms with E-state index >= 15 is 0 Å². The molecule has 29 heavy (non-hydrogen) atoms. The number of hydrogen-bond acceptors (Lipinski definition) is 4. The highest BCUT2D eigenvalue weighted by atomic mass is 19.3. The first-order valence-electron chi connectivity index (χ1n) is 9.34. The number of hydrazone groups is 1. The van der Waals surface area contributed by atoms with E-state index in [2.05, 4.69) is 15.4 Å². The van der Waals surface area contributed by atoms with Crippen molar-refractivity contribution in [2.24, 2.45) is 5.10 Å². The van der Waals surface area contributed by atoms with E-state index in [0.717, 1.165) is 11.1 Å². The van der Waals surface area contributed by atoms with Crippen LogP contribution < -0.4 is 10.3 Å². The standard InChI is InChI=1S/C21H21F2N5O/c1-4-28(19-17-8-7-16(18(22)23)27(17)10-9-24-19)25-12-13-5-6-14-15(11-13)21(2,3)26-20(14)29/h5-12,18H,4H2,1-3H3,(H,26,29)/b25-12+. The highest BCUT2D eigenvalue weighted by Gasteiger charge is 2.34. The molecule has 8 heteroatoms. The lowest BCUT2D eigenvalue weighted by atomic mass is 9.93. The molecule has 0 saturated heterocycles. The van der Waals surface area contributed by atoms with Crippen molar-refractivity contribution in [3.05, 3.63) is 65.1 Å². The van der Waals surface area contributed by atoms with Gasteiger partial charge in [-0.3, -0.25) is 4.79 Å². The Bertz CT molecular complexity index is 1120. The van der Waals surface area contributed by atoms with Gasteiger partial charge in [-0.15, -0.1) is 0 Å². The molecule has 1 aliphatic rings. The summed E-state index contributed by atoms with van der Waals surface area (Å²) in [6.07, 6.45) is 2.12. The molecule has 2 aromatic heterocycles. The Balaban J connectivity index is 1.68. The third kappa shape index (κ3) is 3.24. The number of nitrogens with zero attached hydrogens (tertiary/aromatic N) is 4. The van der Waals surface area contributed by atoms with Gasteiger partial charge in [0.25, 0.3) is 12.3 Å². The highest BCUT2D eigenvalue weighted by molar-refractivity contribution is 6.00. The number of fused-ring (bicyclic) bond motifs is 2. The molecule has 0 spiro atoms. The second kappa shape index (κ2) is 6.95. The molecule has 6 nitrogen and oxygen atoms in total. The van der Waals surface area contributed by atoms with Crippen LogP contribution >= 0.6 is 0 Å². The Morgan fingerprint density at radius 3 is 2.83 bits per heavy atom. The predicted molar refractivity (Wildman–Crippen MR) is 108 cm³/mol. The molecule has 1 aromatic carbocycles. The number of benzene rings is 1. The van der Waals surface area contributed by atoms with E-state index in [1.165, 1.54) is 22.9 Å². The minimum Gasteiger partial charge on any atom is -0.343 e. The Hall–Kier alpha value is -3.29. The van der Waals surface area contributed by atoms with Crippen LogP contribution in [-0.4, -0.2) is 28.1 Å². The van der Waals surface area contributed by atoms with E-state index in [9.17, 15) is 13.6 Å². The first kappa shape index (κ1) is 19.0. The summed E-state index contributed by atoms with van der Waals surface area (Å²) in [5.41, 5.74) is 2.46. The molecule has 1 aliphatic heterocycles. The molecule has 0 atom stereocenters. The van der Waals surface area contributed by atoms with Gasteiger partial charge < -0.3 is 9.72 Å². The second-order valence-electron chi connectivity index (χ2n) is 7.41. The third-order valence-corrected chi connectivity index (χ3v) is 5.09. The second-order valence-corrected chi connectivity index (χ2v) is 7.41. The van der Waals surface area contributed by atoms with E-state index in [4.69, 9.17) is 0 Å². The smallest absolute Gasteiger partial charge is 0.278 e. The maximum Gasteiger partial charge on any atom is 0.278 e. The summed E-state index contributed by atoms with van der Waals surface area (Å²) in [6, 6.07) is 8.58. The summed E-state index contributed by atoms with van der Waals surface area (Å²) in [5, 5.41) is 9.13. The van der Waals surface area contributed by atoms with Gasteiger partial charge >= 0.3 is 0 Å². The molecule has 0 aliphatic carbocycles. The van der Waals surface area contributed by atoms with Gasteiger partial charge in [0.15, 0.2) is 5.82 Å². The zero-order valence-electron chi connectivity index (χ0n) is 16.4. The van der Waals surface area contributed by atoms with Gasteiger partial charge in [-0.05, 0) is 56.2 Å². The molecule has 1 N–H and O–H groups in total. The summed E-state index contributed by atoms with van der Waals surface area (Å²) in [6.45, 7) is 6.32. The van der Waals surface area contributed by atoms with Crippen LogP contribution in [0.4, 0.5) is 14.6 Å². The number of rotatable bonds is 5. The lowest BCUT2D eigenvalue weighted by molar-refractivity contribution is 0.0940. The summed E-state index contributed by atoms with van der Waals surface area (Å²) >= 11 is 0. The maximum atomic E-state index is 13.2. The summed E-state index contributed by atoms with van der Waals surface area (Å²) in [5.74, 6) is 0.416. The average molecular weight is 397 g/mol. The minimum atomic E-state index is -2.57. The largest absolute Gasteiger partial charge is 0.343 e. The number of hydrogen-bond donors (Lipinski definition) is 1. The molecule has 4 rings (SSSR count). The lowest BCUT2D eigenvalue weighted by Crippen LogP contribution is -2.32. The molecular weight excluding hydrogens is 376 g/mol. The van der Waals surface area contributed by atoms with Crippen molar-refractivity contribution in [1.29, 1.82) is 0 Å². The Morgan fingerprint density at radius 1 is 1.31 bits per heavy atom. The molecule has 0 fully saturated rings. The fraction of sp³-hybridized carbons (Fsp3) is 0.286. The molecule has 3 aromatic rings. The van der Waals surface area contributed by atoms with Gasteiger partial charge in [0, 0.05) is 24.5 Å². The molecular formula is C21H21F2N5O. The topological polar surface area (TPSA) is 62.0 Å². The van der Waals surface area contributed by atoms with Crippen molar-refractivity contribution in [2.45, 2.75) is 32.7 Å². The van der Waals surface area contributed by atoms with Gasteiger partial charge in [-0.25, -0.2) is 18.8 Å². The van der Waals surface area contributed by atoms with Crippen LogP contribution in [-0.2, 0) is 5.54 Å². The minimum absolute atomic E-state index is 0.0809. The van der Waals surface area contributed by atoms with Gasteiger partial charge in [0.2, 0.25) is 0 Å². The number of alkyl halides is 2. The Morgan fingerprint density at radius 2 is 2.10 bits per heavy atom. The summed E-state index contributed by atoms with van der Waals surface area (Å²) in [4.78, 5) is 16.4. The van der Waals surface area contributed by atoms with Crippen molar-refractivity contribution < 1.29 is 13.6 Å². The fourth-order valence-corrected chi connectivity index (χ4v) is 3.62. The number of carbonyl (C=O) groups excluding carboxylic acids is 1. The molecule has 150 valence electrons. The van der Waals surface area contributed by atoms with E-state index < -0.39 is 12.0 Å². The van der Waals surface area contributed by atoms with E-state index in [1.807, 2.05) is 32.9 Å². The summed E-state index contributed by atoms with van der Waals surface area (Å²) < 4.78 is 27.8. The summed E-state index contributed by atoms with van der Waals surface area (Å²) in [7, 11) is 0. The average Bonchev–Trinajstić information content (AvgIpc) is 3.21. The zero-order chi connectivity index (χ0) is 20.8. The predicted octanol–water partition coefficient (Wildman–Crippen LogP) is 4.11. The fourth-order valence-electron chi connectivity index (χ4n) is 3.62. The lowest BCUT2D eigenvalue weighted by Gasteiger charge is -2.19. The number of anilines is 1. The van der Waals surface area contributed by atoms with Crippen LogP contribution in [0.3, 0.4) is 0 Å². The molecule has 0 unspecified atom stereocenters. The first-order valence-corrected chi connectivity index (χ1v) is 9.34. The molecule has 3 heterocycles. The monoisotopic (exact) mass is 397 g/mol. The van der Waals surface area contributed by atoms with Crippen LogP contribution in [0.2, 0.25) is 0 Å². The highest BCUT2D eigenvalue weighted by Crippen LogP contribution is 2.31. The maximum absolute atomic E-state index is 13.2. The van der Waals surface area contributed by atoms with Gasteiger partial charge in [0.1, 0.15) is 0 Å². The molecule has 0 bridgehead atoms. The molecule has 0 saturated carbocycles.